The summed E-state index contributed by atoms with van der Waals surface area (Å²) < 4.78 is 27.9. The van der Waals surface area contributed by atoms with Crippen LogP contribution in [0.2, 0.25) is 0 Å². The predicted molar refractivity (Wildman–Crippen MR) is 76.8 cm³/mol. The van der Waals surface area contributed by atoms with Gasteiger partial charge in [-0.15, -0.1) is 0 Å². The Balaban J connectivity index is 2.30. The molecule has 1 amide bonds. The van der Waals surface area contributed by atoms with Crippen molar-refractivity contribution >= 4 is 32.0 Å². The molecule has 1 unspecified atom stereocenters. The largest absolute Gasteiger partial charge is 0.465 e. The van der Waals surface area contributed by atoms with Gasteiger partial charge in [0, 0.05) is 11.0 Å². The first-order valence-corrected chi connectivity index (χ1v) is 8.32. The summed E-state index contributed by atoms with van der Waals surface area (Å²) in [5, 5.41) is 9.14. The topological polar surface area (TPSA) is 86.7 Å². The van der Waals surface area contributed by atoms with E-state index in [4.69, 9.17) is 5.11 Å². The number of nitrogens with one attached hydrogen (secondary N) is 1. The van der Waals surface area contributed by atoms with Crippen molar-refractivity contribution in [1.29, 1.82) is 0 Å². The van der Waals surface area contributed by atoms with E-state index in [1.54, 1.807) is 19.1 Å². The van der Waals surface area contributed by atoms with Gasteiger partial charge in [0.05, 0.1) is 4.90 Å². The zero-order chi connectivity index (χ0) is 15.0. The molecular formula is C12H15BrN2O4S. The third kappa shape index (κ3) is 2.97. The maximum Gasteiger partial charge on any atom is 0.408 e. The highest BCUT2D eigenvalue weighted by atomic mass is 79.9. The number of nitrogens with zero attached hydrogens (tertiary/aromatic N) is 1. The van der Waals surface area contributed by atoms with E-state index in [-0.39, 0.29) is 4.90 Å². The molecule has 8 heteroatoms. The van der Waals surface area contributed by atoms with Crippen molar-refractivity contribution in [2.24, 2.45) is 0 Å². The number of rotatable bonds is 3. The number of halogens is 1. The van der Waals surface area contributed by atoms with Gasteiger partial charge < -0.3 is 5.11 Å². The van der Waals surface area contributed by atoms with Crippen LogP contribution in [0.3, 0.4) is 0 Å². The zero-order valence-electron chi connectivity index (χ0n) is 10.8. The van der Waals surface area contributed by atoms with Gasteiger partial charge in [-0.1, -0.05) is 22.0 Å². The second kappa shape index (κ2) is 5.34. The molecule has 2 rings (SSSR count). The Morgan fingerprint density at radius 1 is 1.50 bits per heavy atom. The Morgan fingerprint density at radius 3 is 2.80 bits per heavy atom. The maximum absolute atomic E-state index is 12.4. The average Bonchev–Trinajstić information content (AvgIpc) is 2.70. The molecule has 1 saturated heterocycles. The van der Waals surface area contributed by atoms with Gasteiger partial charge in [0.15, 0.2) is 0 Å². The van der Waals surface area contributed by atoms with Gasteiger partial charge in [-0.25, -0.2) is 13.2 Å². The molecule has 0 saturated carbocycles. The lowest BCUT2D eigenvalue weighted by atomic mass is 10.1. The summed E-state index contributed by atoms with van der Waals surface area (Å²) in [6.45, 7) is 1.91. The number of amides is 1. The molecule has 6 nitrogen and oxygen atoms in total. The Hall–Kier alpha value is -1.12. The summed E-state index contributed by atoms with van der Waals surface area (Å²) >= 11 is 3.22. The van der Waals surface area contributed by atoms with E-state index in [1.165, 1.54) is 12.1 Å². The molecule has 1 aliphatic heterocycles. The van der Waals surface area contributed by atoms with E-state index in [0.717, 1.165) is 4.90 Å². The molecule has 2 N–H and O–H groups in total. The van der Waals surface area contributed by atoms with Crippen LogP contribution in [0.15, 0.2) is 33.6 Å². The minimum Gasteiger partial charge on any atom is -0.465 e. The van der Waals surface area contributed by atoms with Crippen molar-refractivity contribution in [2.75, 3.05) is 6.54 Å². The minimum absolute atomic E-state index is 0.102. The molecule has 1 aromatic rings. The van der Waals surface area contributed by atoms with Crippen LogP contribution in [-0.2, 0) is 10.0 Å². The third-order valence-corrected chi connectivity index (χ3v) is 5.41. The lowest BCUT2D eigenvalue weighted by Crippen LogP contribution is -2.56. The molecule has 0 spiro atoms. The summed E-state index contributed by atoms with van der Waals surface area (Å²) in [5.41, 5.74) is -1.10. The predicted octanol–water partition coefficient (Wildman–Crippen LogP) is 2.22. The number of benzene rings is 1. The van der Waals surface area contributed by atoms with Gasteiger partial charge in [-0.3, -0.25) is 4.90 Å². The van der Waals surface area contributed by atoms with Gasteiger partial charge in [0.25, 0.3) is 0 Å². The first-order chi connectivity index (χ1) is 9.24. The van der Waals surface area contributed by atoms with E-state index in [1.807, 2.05) is 0 Å². The van der Waals surface area contributed by atoms with E-state index in [9.17, 15) is 13.2 Å². The van der Waals surface area contributed by atoms with Crippen molar-refractivity contribution in [2.45, 2.75) is 30.3 Å². The number of hydrogen-bond acceptors (Lipinski definition) is 3. The molecular weight excluding hydrogens is 348 g/mol. The van der Waals surface area contributed by atoms with E-state index in [0.29, 0.717) is 23.9 Å². The number of carboxylic acid groups (broad SMARTS) is 1. The van der Waals surface area contributed by atoms with Gasteiger partial charge in [-0.05, 0) is 38.0 Å². The second-order valence-corrected chi connectivity index (χ2v) is 7.47. The highest BCUT2D eigenvalue weighted by Crippen LogP contribution is 2.28. The fraction of sp³-hybridized carbons (Fsp3) is 0.417. The van der Waals surface area contributed by atoms with Crippen LogP contribution >= 0.6 is 15.9 Å². The van der Waals surface area contributed by atoms with Crippen LogP contribution in [0.25, 0.3) is 0 Å². The molecule has 110 valence electrons. The highest BCUT2D eigenvalue weighted by molar-refractivity contribution is 9.10. The zero-order valence-corrected chi connectivity index (χ0v) is 13.2. The SMILES string of the molecule is CC1(NS(=O)(=O)c2cccc(Br)c2)CCCN1C(=O)O. The molecule has 1 aromatic carbocycles. The first-order valence-electron chi connectivity index (χ1n) is 6.05. The number of sulfonamides is 1. The van der Waals surface area contributed by atoms with Crippen molar-refractivity contribution in [1.82, 2.24) is 9.62 Å². The highest BCUT2D eigenvalue weighted by Gasteiger charge is 2.42. The normalized spacial score (nSPS) is 23.0. The lowest BCUT2D eigenvalue weighted by Gasteiger charge is -2.33. The molecule has 0 bridgehead atoms. The molecule has 20 heavy (non-hydrogen) atoms. The van der Waals surface area contributed by atoms with Crippen LogP contribution in [0.5, 0.6) is 0 Å². The number of hydrogen-bond donors (Lipinski definition) is 2. The Kier molecular flexibility index (Phi) is 4.08. The van der Waals surface area contributed by atoms with Crippen molar-refractivity contribution < 1.29 is 18.3 Å². The number of carbonyl (C=O) groups is 1. The van der Waals surface area contributed by atoms with Crippen LogP contribution in [0.1, 0.15) is 19.8 Å². The van der Waals surface area contributed by atoms with Crippen molar-refractivity contribution in [3.8, 4) is 0 Å². The molecule has 1 atom stereocenters. The molecule has 1 aliphatic rings. The summed E-state index contributed by atoms with van der Waals surface area (Å²) in [4.78, 5) is 12.4. The summed E-state index contributed by atoms with van der Waals surface area (Å²) in [6.07, 6.45) is -0.0435. The summed E-state index contributed by atoms with van der Waals surface area (Å²) in [6, 6.07) is 6.28. The molecule has 0 aliphatic carbocycles. The van der Waals surface area contributed by atoms with Crippen molar-refractivity contribution in [3.63, 3.8) is 0 Å². The molecule has 1 heterocycles. The van der Waals surface area contributed by atoms with Crippen LogP contribution < -0.4 is 4.72 Å². The summed E-state index contributed by atoms with van der Waals surface area (Å²) in [7, 11) is -3.78. The lowest BCUT2D eigenvalue weighted by molar-refractivity contribution is 0.105. The smallest absolute Gasteiger partial charge is 0.408 e. The fourth-order valence-corrected chi connectivity index (χ4v) is 4.36. The Labute approximate surface area is 126 Å². The molecule has 0 radical (unpaired) electrons. The molecule has 0 aromatic heterocycles. The minimum atomic E-state index is -3.78. The van der Waals surface area contributed by atoms with Gasteiger partial charge in [0.1, 0.15) is 5.66 Å². The Morgan fingerprint density at radius 2 is 2.20 bits per heavy atom. The fourth-order valence-electron chi connectivity index (χ4n) is 2.36. The van der Waals surface area contributed by atoms with Crippen LogP contribution in [-0.4, -0.2) is 36.7 Å². The average molecular weight is 363 g/mol. The van der Waals surface area contributed by atoms with Crippen LogP contribution in [0.4, 0.5) is 4.79 Å². The summed E-state index contributed by atoms with van der Waals surface area (Å²) in [5.74, 6) is 0. The van der Waals surface area contributed by atoms with Crippen LogP contribution in [0, 0.1) is 0 Å². The van der Waals surface area contributed by atoms with Crippen molar-refractivity contribution in [3.05, 3.63) is 28.7 Å². The first kappa shape index (κ1) is 15.3. The quantitative estimate of drug-likeness (QED) is 0.862. The van der Waals surface area contributed by atoms with Gasteiger partial charge >= 0.3 is 6.09 Å². The monoisotopic (exact) mass is 362 g/mol. The Bertz CT molecular complexity index is 634. The van der Waals surface area contributed by atoms with Gasteiger partial charge in [0.2, 0.25) is 10.0 Å². The van der Waals surface area contributed by atoms with Gasteiger partial charge in [-0.2, -0.15) is 4.72 Å². The second-order valence-electron chi connectivity index (χ2n) is 4.87. The van der Waals surface area contributed by atoms with E-state index in [2.05, 4.69) is 20.7 Å². The molecule has 1 fully saturated rings. The van der Waals surface area contributed by atoms with E-state index < -0.39 is 21.8 Å². The maximum atomic E-state index is 12.4. The standard InChI is InChI=1S/C12H15BrN2O4S/c1-12(6-3-7-15(12)11(16)17)14-20(18,19)10-5-2-4-9(13)8-10/h2,4-5,8,14H,3,6-7H2,1H3,(H,16,17). The third-order valence-electron chi connectivity index (χ3n) is 3.33. The van der Waals surface area contributed by atoms with E-state index >= 15 is 0 Å². The number of likely N-dealkylation sites (tertiary alicyclic amines) is 1.